The molecule has 3 rings (SSSR count). The lowest BCUT2D eigenvalue weighted by molar-refractivity contribution is -0.122. The van der Waals surface area contributed by atoms with Crippen molar-refractivity contribution in [1.82, 2.24) is 0 Å². The van der Waals surface area contributed by atoms with Crippen LogP contribution in [-0.2, 0) is 14.9 Å². The van der Waals surface area contributed by atoms with E-state index in [-0.39, 0.29) is 23.1 Å². The Morgan fingerprint density at radius 3 is 2.75 bits per heavy atom. The summed E-state index contributed by atoms with van der Waals surface area (Å²) in [6.45, 7) is 5.88. The van der Waals surface area contributed by atoms with Crippen LogP contribution >= 0.6 is 0 Å². The van der Waals surface area contributed by atoms with Gasteiger partial charge in [0.2, 0.25) is 0 Å². The molecule has 1 saturated carbocycles. The minimum atomic E-state index is -0.494. The second kappa shape index (κ2) is 6.04. The van der Waals surface area contributed by atoms with E-state index in [1.807, 2.05) is 57.2 Å². The topological polar surface area (TPSA) is 43.4 Å². The van der Waals surface area contributed by atoms with Gasteiger partial charge in [-0.3, -0.25) is 9.59 Å². The molecule has 0 radical (unpaired) electrons. The maximum Gasteiger partial charge on any atom is 0.166 e. The highest BCUT2D eigenvalue weighted by molar-refractivity contribution is 6.01. The highest BCUT2D eigenvalue weighted by Gasteiger charge is 2.50. The van der Waals surface area contributed by atoms with Crippen LogP contribution in [0.4, 0.5) is 0 Å². The van der Waals surface area contributed by atoms with E-state index < -0.39 is 5.41 Å². The van der Waals surface area contributed by atoms with Crippen LogP contribution in [0.1, 0.15) is 56.0 Å². The molecule has 0 amide bonds. The van der Waals surface area contributed by atoms with E-state index in [1.165, 1.54) is 0 Å². The third kappa shape index (κ3) is 3.08. The van der Waals surface area contributed by atoms with Crippen LogP contribution in [0.3, 0.4) is 0 Å². The van der Waals surface area contributed by atoms with Gasteiger partial charge >= 0.3 is 0 Å². The number of hydrogen-bond acceptors (Lipinski definition) is 3. The van der Waals surface area contributed by atoms with Crippen molar-refractivity contribution in [2.45, 2.75) is 51.0 Å². The zero-order chi connectivity index (χ0) is 17.4. The number of Topliss-reactive ketones (excluding diaryl/α,β-unsaturated/α-hetero) is 2. The van der Waals surface area contributed by atoms with Crippen molar-refractivity contribution in [3.63, 3.8) is 0 Å². The molecule has 0 N–H and O–H groups in total. The number of carbonyl (C=O) groups excluding carboxylic acids is 2. The first-order chi connectivity index (χ1) is 11.3. The van der Waals surface area contributed by atoms with Crippen LogP contribution in [0.15, 0.2) is 48.8 Å². The molecule has 2 aliphatic rings. The Bertz CT molecular complexity index is 721. The summed E-state index contributed by atoms with van der Waals surface area (Å²) in [6.07, 6.45) is 9.44. The maximum atomic E-state index is 12.5. The molecule has 1 fully saturated rings. The average Bonchev–Trinajstić information content (AvgIpc) is 3.04. The summed E-state index contributed by atoms with van der Waals surface area (Å²) in [5.74, 6) is 0.387. The predicted octanol–water partition coefficient (Wildman–Crippen LogP) is 4.37. The van der Waals surface area contributed by atoms with E-state index in [4.69, 9.17) is 4.74 Å². The third-order valence-corrected chi connectivity index (χ3v) is 4.76. The standard InChI is InChI=1S/C21H24O3/c1-20(2,3)24-13-5-8-18(22)16-6-4-7-17(14-16)21-11-9-15(10-12-21)19(21)23/h4-7,9,11,13-15H,8,10,12H2,1-3H3. The average molecular weight is 324 g/mol. The van der Waals surface area contributed by atoms with Crippen LogP contribution < -0.4 is 0 Å². The van der Waals surface area contributed by atoms with E-state index >= 15 is 0 Å². The first kappa shape index (κ1) is 16.7. The Morgan fingerprint density at radius 2 is 2.17 bits per heavy atom. The minimum Gasteiger partial charge on any atom is -0.496 e. The normalized spacial score (nSPS) is 25.6. The summed E-state index contributed by atoms with van der Waals surface area (Å²) in [4.78, 5) is 24.9. The first-order valence-corrected chi connectivity index (χ1v) is 8.52. The fourth-order valence-corrected chi connectivity index (χ4v) is 3.48. The van der Waals surface area contributed by atoms with Gasteiger partial charge in [-0.2, -0.15) is 0 Å². The SMILES string of the molecule is CC(C)(C)OC=CCC(=O)c1cccc(C23C=CC(CC2)C3=O)c1. The smallest absolute Gasteiger partial charge is 0.166 e. The Balaban J connectivity index is 1.73. The van der Waals surface area contributed by atoms with Crippen LogP contribution in [0.5, 0.6) is 0 Å². The number of carbonyl (C=O) groups is 2. The molecular formula is C21H24O3. The van der Waals surface area contributed by atoms with Gasteiger partial charge in [0, 0.05) is 17.9 Å². The maximum absolute atomic E-state index is 12.5. The summed E-state index contributed by atoms with van der Waals surface area (Å²) in [7, 11) is 0. The van der Waals surface area contributed by atoms with Gasteiger partial charge in [-0.25, -0.2) is 0 Å². The van der Waals surface area contributed by atoms with Gasteiger partial charge in [-0.05, 0) is 51.3 Å². The highest BCUT2D eigenvalue weighted by Crippen LogP contribution is 2.48. The molecule has 2 atom stereocenters. The van der Waals surface area contributed by atoms with Crippen molar-refractivity contribution in [3.05, 3.63) is 59.9 Å². The molecule has 1 aromatic carbocycles. The number of hydrogen-bond donors (Lipinski definition) is 0. The van der Waals surface area contributed by atoms with Gasteiger partial charge in [0.1, 0.15) is 0 Å². The molecule has 0 saturated heterocycles. The fraction of sp³-hybridized carbons (Fsp3) is 0.429. The quantitative estimate of drug-likeness (QED) is 0.459. The third-order valence-electron chi connectivity index (χ3n) is 4.76. The lowest BCUT2D eigenvalue weighted by Crippen LogP contribution is -2.27. The van der Waals surface area contributed by atoms with Crippen molar-refractivity contribution < 1.29 is 14.3 Å². The predicted molar refractivity (Wildman–Crippen MR) is 93.9 cm³/mol. The molecule has 0 spiro atoms. The zero-order valence-corrected chi connectivity index (χ0v) is 14.5. The number of rotatable bonds is 5. The number of benzene rings is 1. The number of fused-ring (bicyclic) bond motifs is 2. The van der Waals surface area contributed by atoms with Crippen LogP contribution in [0.2, 0.25) is 0 Å². The van der Waals surface area contributed by atoms with Crippen molar-refractivity contribution in [1.29, 1.82) is 0 Å². The van der Waals surface area contributed by atoms with Crippen molar-refractivity contribution in [2.24, 2.45) is 5.92 Å². The van der Waals surface area contributed by atoms with E-state index in [1.54, 1.807) is 12.3 Å². The molecule has 0 aromatic heterocycles. The second-order valence-electron chi connectivity index (χ2n) is 7.65. The summed E-state index contributed by atoms with van der Waals surface area (Å²) in [5.41, 5.74) is 0.849. The van der Waals surface area contributed by atoms with Crippen LogP contribution in [0, 0.1) is 5.92 Å². The Labute approximate surface area is 143 Å². The summed E-state index contributed by atoms with van der Waals surface area (Å²) >= 11 is 0. The zero-order valence-electron chi connectivity index (χ0n) is 14.5. The van der Waals surface area contributed by atoms with E-state index in [0.29, 0.717) is 12.0 Å². The van der Waals surface area contributed by atoms with E-state index in [2.05, 4.69) is 0 Å². The number of ether oxygens (including phenoxy) is 1. The van der Waals surface area contributed by atoms with Gasteiger partial charge in [-0.15, -0.1) is 0 Å². The van der Waals surface area contributed by atoms with Crippen molar-refractivity contribution in [3.8, 4) is 0 Å². The lowest BCUT2D eigenvalue weighted by atomic mass is 9.79. The summed E-state index contributed by atoms with van der Waals surface area (Å²) in [6, 6.07) is 7.54. The molecule has 126 valence electrons. The van der Waals surface area contributed by atoms with Crippen LogP contribution in [0.25, 0.3) is 0 Å². The molecule has 0 aliphatic heterocycles. The van der Waals surface area contributed by atoms with E-state index in [0.717, 1.165) is 18.4 Å². The molecular weight excluding hydrogens is 300 g/mol. The number of allylic oxidation sites excluding steroid dienone is 3. The van der Waals surface area contributed by atoms with E-state index in [9.17, 15) is 9.59 Å². The fourth-order valence-electron chi connectivity index (χ4n) is 3.48. The molecule has 1 aromatic rings. The minimum absolute atomic E-state index is 0.0333. The molecule has 0 heterocycles. The molecule has 3 nitrogen and oxygen atoms in total. The summed E-state index contributed by atoms with van der Waals surface area (Å²) in [5, 5.41) is 0. The highest BCUT2D eigenvalue weighted by atomic mass is 16.5. The second-order valence-corrected chi connectivity index (χ2v) is 7.65. The van der Waals surface area contributed by atoms with Crippen molar-refractivity contribution in [2.75, 3.05) is 0 Å². The van der Waals surface area contributed by atoms with Gasteiger partial charge in [-0.1, -0.05) is 30.4 Å². The van der Waals surface area contributed by atoms with Gasteiger partial charge < -0.3 is 4.74 Å². The molecule has 2 bridgehead atoms. The Kier molecular flexibility index (Phi) is 4.20. The summed E-state index contributed by atoms with van der Waals surface area (Å²) < 4.78 is 5.49. The lowest BCUT2D eigenvalue weighted by Gasteiger charge is -2.22. The molecule has 2 aliphatic carbocycles. The van der Waals surface area contributed by atoms with Crippen molar-refractivity contribution >= 4 is 11.6 Å². The van der Waals surface area contributed by atoms with Gasteiger partial charge in [0.05, 0.1) is 17.3 Å². The molecule has 24 heavy (non-hydrogen) atoms. The largest absolute Gasteiger partial charge is 0.496 e. The monoisotopic (exact) mass is 324 g/mol. The van der Waals surface area contributed by atoms with Gasteiger partial charge in [0.25, 0.3) is 0 Å². The van der Waals surface area contributed by atoms with Crippen LogP contribution in [-0.4, -0.2) is 17.2 Å². The molecule has 2 unspecified atom stereocenters. The molecule has 3 heteroatoms. The number of ketones is 2. The Morgan fingerprint density at radius 1 is 1.38 bits per heavy atom. The Hall–Kier alpha value is -2.16. The van der Waals surface area contributed by atoms with Gasteiger partial charge in [0.15, 0.2) is 11.6 Å². The first-order valence-electron chi connectivity index (χ1n) is 8.52.